The van der Waals surface area contributed by atoms with Gasteiger partial charge in [0.15, 0.2) is 34.2 Å². The van der Waals surface area contributed by atoms with E-state index in [1.165, 1.54) is 0 Å². The van der Waals surface area contributed by atoms with Gasteiger partial charge in [0, 0.05) is 12.3 Å². The third kappa shape index (κ3) is 4.94. The monoisotopic (exact) mass is 520 g/mol. The van der Waals surface area contributed by atoms with Crippen molar-refractivity contribution < 1.29 is 22.0 Å². The van der Waals surface area contributed by atoms with Gasteiger partial charge in [0.05, 0.1) is 35.7 Å². The first-order valence-corrected chi connectivity index (χ1v) is 11.2. The highest BCUT2D eigenvalue weighted by atomic mass is 32.1. The standard InChI is InChI=1S/C24H21F5N6S/c1-12-6-4-5-7-15(12)10-34-9-8-17(33-34)30-24(36)31-23-13(2)32-35(14(23)3)11-16-18(25)20(27)22(29)21(28)19(16)26/h4-9H,10-11H2,1-3H3,(H2,30,31,33,36). The van der Waals surface area contributed by atoms with Crippen LogP contribution in [-0.4, -0.2) is 24.7 Å². The first kappa shape index (κ1) is 25.3. The minimum absolute atomic E-state index is 0.179. The minimum Gasteiger partial charge on any atom is -0.329 e. The van der Waals surface area contributed by atoms with Gasteiger partial charge in [-0.25, -0.2) is 22.0 Å². The second kappa shape index (κ2) is 10.1. The van der Waals surface area contributed by atoms with Gasteiger partial charge in [-0.1, -0.05) is 24.3 Å². The van der Waals surface area contributed by atoms with E-state index in [1.807, 2.05) is 31.2 Å². The Bertz CT molecular complexity index is 1430. The van der Waals surface area contributed by atoms with Crippen molar-refractivity contribution in [3.05, 3.63) is 93.7 Å². The molecule has 0 saturated carbocycles. The van der Waals surface area contributed by atoms with Crippen molar-refractivity contribution in [3.63, 3.8) is 0 Å². The van der Waals surface area contributed by atoms with Gasteiger partial charge >= 0.3 is 0 Å². The lowest BCUT2D eigenvalue weighted by Crippen LogP contribution is -2.20. The number of halogens is 5. The van der Waals surface area contributed by atoms with Gasteiger partial charge < -0.3 is 10.6 Å². The molecule has 0 atom stereocenters. The Morgan fingerprint density at radius 2 is 1.47 bits per heavy atom. The summed E-state index contributed by atoms with van der Waals surface area (Å²) in [6.07, 6.45) is 1.80. The maximum atomic E-state index is 14.1. The van der Waals surface area contributed by atoms with Crippen LogP contribution in [0, 0.1) is 49.9 Å². The molecule has 0 amide bonds. The number of nitrogens with zero attached hydrogens (tertiary/aromatic N) is 4. The molecule has 6 nitrogen and oxygen atoms in total. The Morgan fingerprint density at radius 3 is 2.14 bits per heavy atom. The molecular formula is C24H21F5N6S. The zero-order chi connectivity index (χ0) is 26.1. The molecule has 4 rings (SSSR count). The van der Waals surface area contributed by atoms with E-state index in [0.717, 1.165) is 15.8 Å². The largest absolute Gasteiger partial charge is 0.329 e. The summed E-state index contributed by atoms with van der Waals surface area (Å²) < 4.78 is 71.6. The van der Waals surface area contributed by atoms with Crippen LogP contribution in [0.25, 0.3) is 0 Å². The number of thiocarbonyl (C=S) groups is 1. The Labute approximate surface area is 208 Å². The van der Waals surface area contributed by atoms with Crippen molar-refractivity contribution in [1.82, 2.24) is 19.6 Å². The summed E-state index contributed by atoms with van der Waals surface area (Å²) in [6.45, 7) is 5.13. The summed E-state index contributed by atoms with van der Waals surface area (Å²) in [5.41, 5.74) is 2.50. The fourth-order valence-corrected chi connectivity index (χ4v) is 3.92. The molecule has 0 fully saturated rings. The average Bonchev–Trinajstić information content (AvgIpc) is 3.39. The van der Waals surface area contributed by atoms with Gasteiger partial charge in [0.25, 0.3) is 0 Å². The summed E-state index contributed by atoms with van der Waals surface area (Å²) in [4.78, 5) is 0. The molecule has 2 heterocycles. The van der Waals surface area contributed by atoms with Crippen molar-refractivity contribution in [2.45, 2.75) is 33.9 Å². The second-order valence-corrected chi connectivity index (χ2v) is 8.56. The van der Waals surface area contributed by atoms with Crippen molar-refractivity contribution >= 4 is 28.8 Å². The highest BCUT2D eigenvalue weighted by Gasteiger charge is 2.26. The highest BCUT2D eigenvalue weighted by Crippen LogP contribution is 2.26. The predicted molar refractivity (Wildman–Crippen MR) is 129 cm³/mol. The lowest BCUT2D eigenvalue weighted by atomic mass is 10.1. The number of benzene rings is 2. The third-order valence-electron chi connectivity index (χ3n) is 5.70. The summed E-state index contributed by atoms with van der Waals surface area (Å²) in [7, 11) is 0. The van der Waals surface area contributed by atoms with Gasteiger partial charge in [-0.05, 0) is 44.1 Å². The van der Waals surface area contributed by atoms with E-state index in [-0.39, 0.29) is 5.11 Å². The van der Waals surface area contributed by atoms with Crippen LogP contribution in [0.2, 0.25) is 0 Å². The van der Waals surface area contributed by atoms with Crippen LogP contribution >= 0.6 is 12.2 Å². The first-order chi connectivity index (χ1) is 17.1. The molecule has 188 valence electrons. The number of nitrogens with one attached hydrogen (secondary N) is 2. The Hall–Kier alpha value is -3.80. The van der Waals surface area contributed by atoms with E-state index in [9.17, 15) is 22.0 Å². The van der Waals surface area contributed by atoms with Crippen molar-refractivity contribution in [2.24, 2.45) is 0 Å². The van der Waals surface area contributed by atoms with E-state index in [4.69, 9.17) is 12.2 Å². The van der Waals surface area contributed by atoms with Crippen LogP contribution in [0.1, 0.15) is 28.1 Å². The zero-order valence-electron chi connectivity index (χ0n) is 19.5. The molecule has 0 radical (unpaired) electrons. The topological polar surface area (TPSA) is 59.7 Å². The van der Waals surface area contributed by atoms with Crippen molar-refractivity contribution in [3.8, 4) is 0 Å². The molecule has 0 aliphatic heterocycles. The fraction of sp³-hybridized carbons (Fsp3) is 0.208. The van der Waals surface area contributed by atoms with Gasteiger partial charge in [-0.15, -0.1) is 0 Å². The van der Waals surface area contributed by atoms with Gasteiger partial charge in [0.2, 0.25) is 5.82 Å². The van der Waals surface area contributed by atoms with E-state index >= 15 is 0 Å². The summed E-state index contributed by atoms with van der Waals surface area (Å²) >= 11 is 5.36. The third-order valence-corrected chi connectivity index (χ3v) is 5.91. The number of aryl methyl sites for hydroxylation is 2. The van der Waals surface area contributed by atoms with Crippen LogP contribution in [0.5, 0.6) is 0 Å². The number of rotatable bonds is 6. The van der Waals surface area contributed by atoms with Crippen LogP contribution in [0.4, 0.5) is 33.5 Å². The number of anilines is 2. The van der Waals surface area contributed by atoms with Crippen LogP contribution < -0.4 is 10.6 Å². The van der Waals surface area contributed by atoms with Crippen LogP contribution in [0.15, 0.2) is 36.5 Å². The maximum Gasteiger partial charge on any atom is 0.200 e. The molecule has 36 heavy (non-hydrogen) atoms. The predicted octanol–water partition coefficient (Wildman–Crippen LogP) is 5.61. The SMILES string of the molecule is Cc1ccccc1Cn1ccc(NC(=S)Nc2c(C)nn(Cc3c(F)c(F)c(F)c(F)c3F)c2C)n1. The van der Waals surface area contributed by atoms with E-state index in [2.05, 4.69) is 20.8 Å². The summed E-state index contributed by atoms with van der Waals surface area (Å²) in [5.74, 6) is -9.52. The molecule has 2 N–H and O–H groups in total. The van der Waals surface area contributed by atoms with Crippen molar-refractivity contribution in [1.29, 1.82) is 0 Å². The molecule has 0 bridgehead atoms. The Morgan fingerprint density at radius 1 is 0.833 bits per heavy atom. The van der Waals surface area contributed by atoms with Crippen LogP contribution in [0.3, 0.4) is 0 Å². The van der Waals surface area contributed by atoms with Crippen LogP contribution in [-0.2, 0) is 13.1 Å². The van der Waals surface area contributed by atoms with E-state index in [1.54, 1.807) is 30.8 Å². The Kier molecular flexibility index (Phi) is 7.07. The molecule has 0 saturated heterocycles. The molecule has 12 heteroatoms. The van der Waals surface area contributed by atoms with Gasteiger partial charge in [0.1, 0.15) is 0 Å². The average molecular weight is 521 g/mol. The summed E-state index contributed by atoms with van der Waals surface area (Å²) in [6, 6.07) is 9.72. The first-order valence-electron chi connectivity index (χ1n) is 10.8. The smallest absolute Gasteiger partial charge is 0.200 e. The highest BCUT2D eigenvalue weighted by molar-refractivity contribution is 7.80. The lowest BCUT2D eigenvalue weighted by molar-refractivity contribution is 0.366. The normalized spacial score (nSPS) is 11.1. The lowest BCUT2D eigenvalue weighted by Gasteiger charge is -2.11. The molecule has 0 aliphatic carbocycles. The molecule has 2 aromatic heterocycles. The van der Waals surface area contributed by atoms with Gasteiger partial charge in [-0.3, -0.25) is 9.36 Å². The number of hydrogen-bond acceptors (Lipinski definition) is 3. The van der Waals surface area contributed by atoms with Gasteiger partial charge in [-0.2, -0.15) is 10.2 Å². The fourth-order valence-electron chi connectivity index (χ4n) is 3.71. The van der Waals surface area contributed by atoms with E-state index < -0.39 is 41.2 Å². The molecule has 0 spiro atoms. The molecule has 4 aromatic rings. The molecular weight excluding hydrogens is 499 g/mol. The Balaban J connectivity index is 1.47. The molecule has 2 aromatic carbocycles. The maximum absolute atomic E-state index is 14.1. The number of aromatic nitrogens is 4. The van der Waals surface area contributed by atoms with E-state index in [0.29, 0.717) is 29.4 Å². The molecule has 0 unspecified atom stereocenters. The number of hydrogen-bond donors (Lipinski definition) is 2. The second-order valence-electron chi connectivity index (χ2n) is 8.16. The van der Waals surface area contributed by atoms with Crippen molar-refractivity contribution in [2.75, 3.05) is 10.6 Å². The molecule has 0 aliphatic rings. The minimum atomic E-state index is -2.21. The summed E-state index contributed by atoms with van der Waals surface area (Å²) in [5, 5.41) is 14.7. The quantitative estimate of drug-likeness (QED) is 0.150. The zero-order valence-corrected chi connectivity index (χ0v) is 20.3.